The third-order valence-electron chi connectivity index (χ3n) is 3.52. The molecule has 130 valence electrons. The smallest absolute Gasteiger partial charge is 0.222 e. The van der Waals surface area contributed by atoms with Gasteiger partial charge in [-0.2, -0.15) is 0 Å². The highest BCUT2D eigenvalue weighted by molar-refractivity contribution is 7.26. The van der Waals surface area contributed by atoms with Crippen molar-refractivity contribution < 1.29 is 33.3 Å². The van der Waals surface area contributed by atoms with Crippen LogP contribution in [0.4, 0.5) is 0 Å². The summed E-state index contributed by atoms with van der Waals surface area (Å²) in [6.07, 6.45) is 3.44. The third-order valence-corrected chi connectivity index (χ3v) is 4.75. The molecule has 0 bridgehead atoms. The summed E-state index contributed by atoms with van der Waals surface area (Å²) in [5, 5.41) is 2.73. The Kier molecular flexibility index (Phi) is 6.14. The van der Waals surface area contributed by atoms with E-state index in [-0.39, 0.29) is 0 Å². The lowest BCUT2D eigenvalue weighted by Gasteiger charge is -2.17. The summed E-state index contributed by atoms with van der Waals surface area (Å²) < 4.78 is 42.6. The van der Waals surface area contributed by atoms with Gasteiger partial charge in [0.15, 0.2) is 0 Å². The van der Waals surface area contributed by atoms with Crippen LogP contribution in [-0.2, 0) is 6.42 Å². The van der Waals surface area contributed by atoms with E-state index in [4.69, 9.17) is 23.1 Å². The predicted molar refractivity (Wildman–Crippen MR) is 84.1 cm³/mol. The molecule has 1 aromatic carbocycles. The van der Waals surface area contributed by atoms with Gasteiger partial charge < -0.3 is 0 Å². The molecule has 0 spiro atoms. The van der Waals surface area contributed by atoms with Crippen molar-refractivity contribution in [3.8, 4) is 0 Å². The Balaban J connectivity index is 0.000000368. The van der Waals surface area contributed by atoms with E-state index in [0.717, 1.165) is 17.9 Å². The standard InChI is InChI=1S/C17H19OS.ClHO4/c1-4-5-6-15-17-14(10-12(3)18-15)13-9-11(2)7-8-16(13)19-17;2-1(3,4)5/h7-10H,4-6H2,1-3H3;(H,2,3,4,5)/q+1;/p-1. The van der Waals surface area contributed by atoms with Crippen molar-refractivity contribution in [2.24, 2.45) is 0 Å². The van der Waals surface area contributed by atoms with Crippen LogP contribution in [0.15, 0.2) is 28.7 Å². The molecule has 0 fully saturated rings. The Hall–Kier alpha value is -1.28. The van der Waals surface area contributed by atoms with Crippen LogP contribution in [0.2, 0.25) is 0 Å². The van der Waals surface area contributed by atoms with E-state index in [1.54, 1.807) is 0 Å². The van der Waals surface area contributed by atoms with Crippen molar-refractivity contribution >= 4 is 31.5 Å². The molecule has 0 unspecified atom stereocenters. The molecule has 5 nitrogen and oxygen atoms in total. The molecule has 0 N–H and O–H groups in total. The summed E-state index contributed by atoms with van der Waals surface area (Å²) in [7, 11) is -4.94. The molecule has 3 rings (SSSR count). The molecule has 0 atom stereocenters. The first kappa shape index (κ1) is 19.1. The predicted octanol–water partition coefficient (Wildman–Crippen LogP) is 1.13. The first-order valence-electron chi connectivity index (χ1n) is 7.56. The lowest BCUT2D eigenvalue weighted by Crippen LogP contribution is -2.68. The van der Waals surface area contributed by atoms with Gasteiger partial charge in [0, 0.05) is 21.5 Å². The molecule has 0 aliphatic carbocycles. The number of unbranched alkanes of at least 4 members (excludes halogenated alkanes) is 1. The van der Waals surface area contributed by atoms with E-state index in [1.165, 1.54) is 38.6 Å². The van der Waals surface area contributed by atoms with Gasteiger partial charge in [-0.15, -0.1) is 21.6 Å². The second kappa shape index (κ2) is 7.74. The molecule has 2 heterocycles. The average Bonchev–Trinajstić information content (AvgIpc) is 2.81. The van der Waals surface area contributed by atoms with E-state index >= 15 is 0 Å². The molecule has 0 saturated heterocycles. The summed E-state index contributed by atoms with van der Waals surface area (Å²) in [4.78, 5) is 0. The normalized spacial score (nSPS) is 11.6. The number of benzene rings is 1. The van der Waals surface area contributed by atoms with Gasteiger partial charge in [0.05, 0.1) is 13.3 Å². The Morgan fingerprint density at radius 3 is 2.33 bits per heavy atom. The molecule has 0 amide bonds. The van der Waals surface area contributed by atoms with E-state index < -0.39 is 10.2 Å². The Morgan fingerprint density at radius 2 is 1.71 bits per heavy atom. The number of hydrogen-bond acceptors (Lipinski definition) is 5. The second-order valence-electron chi connectivity index (χ2n) is 5.61. The van der Waals surface area contributed by atoms with Crippen LogP contribution >= 0.6 is 11.3 Å². The zero-order valence-electron chi connectivity index (χ0n) is 13.8. The summed E-state index contributed by atoms with van der Waals surface area (Å²) in [6, 6.07) is 8.89. The van der Waals surface area contributed by atoms with Crippen molar-refractivity contribution in [2.75, 3.05) is 0 Å². The van der Waals surface area contributed by atoms with Crippen LogP contribution in [-0.4, -0.2) is 0 Å². The van der Waals surface area contributed by atoms with Crippen molar-refractivity contribution in [1.82, 2.24) is 0 Å². The average molecular weight is 371 g/mol. The maximum atomic E-state index is 8.49. The fourth-order valence-corrected chi connectivity index (χ4v) is 3.73. The Bertz CT molecular complexity index is 832. The summed E-state index contributed by atoms with van der Waals surface area (Å²) in [5.41, 5.74) is 1.32. The first-order chi connectivity index (χ1) is 11.2. The van der Waals surface area contributed by atoms with Crippen molar-refractivity contribution in [3.63, 3.8) is 0 Å². The minimum atomic E-state index is -4.94. The summed E-state index contributed by atoms with van der Waals surface area (Å²) >= 11 is 1.86. The van der Waals surface area contributed by atoms with Gasteiger partial charge in [0.1, 0.15) is 4.70 Å². The van der Waals surface area contributed by atoms with Crippen molar-refractivity contribution in [1.29, 1.82) is 0 Å². The molecule has 3 aromatic rings. The maximum absolute atomic E-state index is 8.49. The highest BCUT2D eigenvalue weighted by Crippen LogP contribution is 2.37. The number of fused-ring (bicyclic) bond motifs is 3. The van der Waals surface area contributed by atoms with Gasteiger partial charge in [-0.1, -0.05) is 25.0 Å². The Morgan fingerprint density at radius 1 is 1.04 bits per heavy atom. The zero-order valence-corrected chi connectivity index (χ0v) is 15.3. The molecular formula is C17H19ClO5S. The van der Waals surface area contributed by atoms with Crippen molar-refractivity contribution in [2.45, 2.75) is 40.0 Å². The zero-order chi connectivity index (χ0) is 17.9. The molecule has 0 saturated carbocycles. The summed E-state index contributed by atoms with van der Waals surface area (Å²) in [5.74, 6) is 2.18. The molecule has 24 heavy (non-hydrogen) atoms. The van der Waals surface area contributed by atoms with Gasteiger partial charge in [0.2, 0.25) is 0 Å². The lowest BCUT2D eigenvalue weighted by atomic mass is 10.1. The largest absolute Gasteiger partial charge is 0.347 e. The molecule has 0 aliphatic rings. The van der Waals surface area contributed by atoms with Crippen LogP contribution in [0.25, 0.3) is 20.2 Å². The minimum Gasteiger partial charge on any atom is -0.222 e. The number of halogens is 1. The lowest BCUT2D eigenvalue weighted by molar-refractivity contribution is -2.00. The SMILES string of the molecule is CCCCc1[o+]c(C)cc2c1sc1ccc(C)cc12.[O-][Cl+3]([O-])([O-])[O-]. The van der Waals surface area contributed by atoms with E-state index in [2.05, 4.69) is 38.1 Å². The minimum absolute atomic E-state index is 1.01. The topological polar surface area (TPSA) is 104 Å². The maximum Gasteiger partial charge on any atom is 0.347 e. The van der Waals surface area contributed by atoms with Gasteiger partial charge in [-0.3, -0.25) is 0 Å². The third kappa shape index (κ3) is 5.11. The van der Waals surface area contributed by atoms with Crippen molar-refractivity contribution in [3.05, 3.63) is 41.3 Å². The quantitative estimate of drug-likeness (QED) is 0.643. The fraction of sp³-hybridized carbons (Fsp3) is 0.353. The van der Waals surface area contributed by atoms with Crippen LogP contribution in [0.1, 0.15) is 36.8 Å². The van der Waals surface area contributed by atoms with E-state index in [0.29, 0.717) is 0 Å². The molecule has 2 aromatic heterocycles. The van der Waals surface area contributed by atoms with Crippen LogP contribution in [0.5, 0.6) is 0 Å². The van der Waals surface area contributed by atoms with Crippen LogP contribution in [0, 0.1) is 24.1 Å². The molecule has 7 heteroatoms. The molecule has 0 aliphatic heterocycles. The number of aryl methyl sites for hydroxylation is 3. The second-order valence-corrected chi connectivity index (χ2v) is 7.41. The highest BCUT2D eigenvalue weighted by Gasteiger charge is 2.20. The monoisotopic (exact) mass is 370 g/mol. The Labute approximate surface area is 146 Å². The van der Waals surface area contributed by atoms with E-state index in [9.17, 15) is 0 Å². The molecule has 0 radical (unpaired) electrons. The van der Waals surface area contributed by atoms with Gasteiger partial charge in [0.25, 0.3) is 0 Å². The number of hydrogen-bond donors (Lipinski definition) is 0. The first-order valence-corrected chi connectivity index (χ1v) is 9.61. The van der Waals surface area contributed by atoms with Gasteiger partial charge >= 0.3 is 11.5 Å². The highest BCUT2D eigenvalue weighted by atomic mass is 35.7. The van der Waals surface area contributed by atoms with Crippen LogP contribution in [0.3, 0.4) is 0 Å². The van der Waals surface area contributed by atoms with Crippen LogP contribution < -0.4 is 18.6 Å². The van der Waals surface area contributed by atoms with Gasteiger partial charge in [-0.25, -0.2) is 23.1 Å². The van der Waals surface area contributed by atoms with Gasteiger partial charge in [-0.05, 0) is 25.5 Å². The van der Waals surface area contributed by atoms with E-state index in [1.807, 2.05) is 18.3 Å². The number of thiophene rings is 1. The number of rotatable bonds is 3. The molecular weight excluding hydrogens is 352 g/mol. The fourth-order valence-electron chi connectivity index (χ4n) is 2.56. The summed E-state index contributed by atoms with van der Waals surface area (Å²) in [6.45, 7) is 6.43.